The van der Waals surface area contributed by atoms with Gasteiger partial charge in [-0.2, -0.15) is 0 Å². The zero-order chi connectivity index (χ0) is 14.2. The number of nitrogens with one attached hydrogen (secondary N) is 2. The Kier molecular flexibility index (Phi) is 5.90. The number of hydrogen-bond donors (Lipinski definition) is 2. The zero-order valence-corrected chi connectivity index (χ0v) is 12.7. The molecule has 1 aromatic rings. The Bertz CT molecular complexity index is 408. The molecule has 0 heterocycles. The zero-order valence-electron chi connectivity index (χ0n) is 12.7. The van der Waals surface area contributed by atoms with Crippen LogP contribution in [0.2, 0.25) is 0 Å². The Labute approximate surface area is 122 Å². The van der Waals surface area contributed by atoms with Crippen molar-refractivity contribution < 1.29 is 0 Å². The van der Waals surface area contributed by atoms with Crippen LogP contribution in [0.1, 0.15) is 50.5 Å². The predicted molar refractivity (Wildman–Crippen MR) is 86.2 cm³/mol. The van der Waals surface area contributed by atoms with Crippen LogP contribution < -0.4 is 10.6 Å². The van der Waals surface area contributed by atoms with Crippen LogP contribution in [0.4, 0.5) is 0 Å². The van der Waals surface area contributed by atoms with Gasteiger partial charge in [0.2, 0.25) is 0 Å². The molecule has 0 aromatic heterocycles. The van der Waals surface area contributed by atoms with E-state index in [1.54, 1.807) is 0 Å². The summed E-state index contributed by atoms with van der Waals surface area (Å²) in [6.07, 6.45) is 6.61. The van der Waals surface area contributed by atoms with E-state index in [0.717, 1.165) is 12.5 Å². The predicted octanol–water partition coefficient (Wildman–Crippen LogP) is 3.29. The molecule has 110 valence electrons. The molecule has 0 amide bonds. The number of nitrogens with zero attached hydrogens (tertiary/aromatic N) is 1. The molecule has 3 heteroatoms. The number of rotatable bonds is 4. The normalized spacial score (nSPS) is 18.6. The van der Waals surface area contributed by atoms with Gasteiger partial charge >= 0.3 is 0 Å². The van der Waals surface area contributed by atoms with Crippen molar-refractivity contribution in [2.45, 2.75) is 51.0 Å². The van der Waals surface area contributed by atoms with E-state index >= 15 is 0 Å². The average Bonchev–Trinajstić information content (AvgIpc) is 2.53. The van der Waals surface area contributed by atoms with E-state index in [9.17, 15) is 0 Å². The second-order valence-corrected chi connectivity index (χ2v) is 5.74. The maximum Gasteiger partial charge on any atom is 0.191 e. The topological polar surface area (TPSA) is 36.4 Å². The Hall–Kier alpha value is -1.51. The number of hydrogen-bond acceptors (Lipinski definition) is 1. The summed E-state index contributed by atoms with van der Waals surface area (Å²) in [5.74, 6) is 1.43. The van der Waals surface area contributed by atoms with Gasteiger partial charge in [0.15, 0.2) is 5.96 Å². The molecule has 1 saturated carbocycles. The quantitative estimate of drug-likeness (QED) is 0.652. The van der Waals surface area contributed by atoms with E-state index in [1.165, 1.54) is 37.7 Å². The standard InChI is InChI=1S/C17H27N3/c1-14(15-9-5-3-6-10-15)13-19-17(18-2)20-16-11-7-4-8-12-16/h3,5-6,9-10,14,16H,4,7-8,11-13H2,1-2H3,(H2,18,19,20). The van der Waals surface area contributed by atoms with Gasteiger partial charge in [0, 0.05) is 19.6 Å². The monoisotopic (exact) mass is 273 g/mol. The summed E-state index contributed by atoms with van der Waals surface area (Å²) in [7, 11) is 1.85. The summed E-state index contributed by atoms with van der Waals surface area (Å²) >= 11 is 0. The van der Waals surface area contributed by atoms with Gasteiger partial charge < -0.3 is 10.6 Å². The maximum absolute atomic E-state index is 4.34. The van der Waals surface area contributed by atoms with Crippen LogP contribution in [0, 0.1) is 0 Å². The second-order valence-electron chi connectivity index (χ2n) is 5.74. The van der Waals surface area contributed by atoms with Gasteiger partial charge in [-0.05, 0) is 24.3 Å². The summed E-state index contributed by atoms with van der Waals surface area (Å²) in [4.78, 5) is 4.34. The highest BCUT2D eigenvalue weighted by atomic mass is 15.2. The first-order chi connectivity index (χ1) is 9.79. The fourth-order valence-electron chi connectivity index (χ4n) is 2.78. The van der Waals surface area contributed by atoms with Crippen LogP contribution in [0.15, 0.2) is 35.3 Å². The van der Waals surface area contributed by atoms with Crippen LogP contribution in [-0.4, -0.2) is 25.6 Å². The van der Waals surface area contributed by atoms with Crippen molar-refractivity contribution in [3.63, 3.8) is 0 Å². The molecule has 0 saturated heterocycles. The van der Waals surface area contributed by atoms with Gasteiger partial charge in [-0.1, -0.05) is 56.5 Å². The highest BCUT2D eigenvalue weighted by Gasteiger charge is 2.14. The van der Waals surface area contributed by atoms with E-state index in [2.05, 4.69) is 52.9 Å². The molecule has 1 unspecified atom stereocenters. The SMILES string of the molecule is CN=C(NCC(C)c1ccccc1)NC1CCCCC1. The summed E-state index contributed by atoms with van der Waals surface area (Å²) < 4.78 is 0. The third-order valence-corrected chi connectivity index (χ3v) is 4.11. The van der Waals surface area contributed by atoms with E-state index < -0.39 is 0 Å². The van der Waals surface area contributed by atoms with Gasteiger partial charge in [-0.25, -0.2) is 0 Å². The lowest BCUT2D eigenvalue weighted by Gasteiger charge is -2.25. The van der Waals surface area contributed by atoms with Crippen LogP contribution >= 0.6 is 0 Å². The summed E-state index contributed by atoms with van der Waals surface area (Å²) in [6, 6.07) is 11.2. The van der Waals surface area contributed by atoms with Gasteiger partial charge in [0.25, 0.3) is 0 Å². The molecular formula is C17H27N3. The smallest absolute Gasteiger partial charge is 0.191 e. The molecule has 2 N–H and O–H groups in total. The lowest BCUT2D eigenvalue weighted by atomic mass is 9.96. The molecule has 1 atom stereocenters. The Balaban J connectivity index is 1.78. The Morgan fingerprint density at radius 3 is 2.55 bits per heavy atom. The molecule has 0 aliphatic heterocycles. The fourth-order valence-corrected chi connectivity index (χ4v) is 2.78. The molecule has 20 heavy (non-hydrogen) atoms. The molecule has 1 aliphatic carbocycles. The lowest BCUT2D eigenvalue weighted by molar-refractivity contribution is 0.409. The van der Waals surface area contributed by atoms with Gasteiger partial charge in [-0.15, -0.1) is 0 Å². The van der Waals surface area contributed by atoms with Gasteiger partial charge in [-0.3, -0.25) is 4.99 Å². The van der Waals surface area contributed by atoms with E-state index in [1.807, 2.05) is 7.05 Å². The fraction of sp³-hybridized carbons (Fsp3) is 0.588. The van der Waals surface area contributed by atoms with Crippen molar-refractivity contribution in [1.29, 1.82) is 0 Å². The molecular weight excluding hydrogens is 246 g/mol. The average molecular weight is 273 g/mol. The Morgan fingerprint density at radius 1 is 1.20 bits per heavy atom. The van der Waals surface area contributed by atoms with Crippen LogP contribution in [-0.2, 0) is 0 Å². The Morgan fingerprint density at radius 2 is 1.90 bits per heavy atom. The number of aliphatic imine (C=N–C) groups is 1. The van der Waals surface area contributed by atoms with Crippen molar-refractivity contribution in [2.24, 2.45) is 4.99 Å². The highest BCUT2D eigenvalue weighted by Crippen LogP contribution is 2.17. The third kappa shape index (κ3) is 4.55. The minimum absolute atomic E-state index is 0.487. The third-order valence-electron chi connectivity index (χ3n) is 4.11. The largest absolute Gasteiger partial charge is 0.356 e. The molecule has 3 nitrogen and oxygen atoms in total. The summed E-state index contributed by atoms with van der Waals surface area (Å²) in [6.45, 7) is 3.16. The molecule has 1 fully saturated rings. The van der Waals surface area contributed by atoms with Crippen molar-refractivity contribution in [1.82, 2.24) is 10.6 Å². The van der Waals surface area contributed by atoms with E-state index in [4.69, 9.17) is 0 Å². The van der Waals surface area contributed by atoms with Gasteiger partial charge in [0.05, 0.1) is 0 Å². The molecule has 0 spiro atoms. The minimum atomic E-state index is 0.487. The van der Waals surface area contributed by atoms with Crippen LogP contribution in [0.5, 0.6) is 0 Å². The number of benzene rings is 1. The highest BCUT2D eigenvalue weighted by molar-refractivity contribution is 5.80. The first-order valence-electron chi connectivity index (χ1n) is 7.81. The van der Waals surface area contributed by atoms with E-state index in [-0.39, 0.29) is 0 Å². The molecule has 0 bridgehead atoms. The van der Waals surface area contributed by atoms with Crippen molar-refractivity contribution in [3.05, 3.63) is 35.9 Å². The summed E-state index contributed by atoms with van der Waals surface area (Å²) in [5, 5.41) is 7.01. The van der Waals surface area contributed by atoms with Crippen molar-refractivity contribution in [2.75, 3.05) is 13.6 Å². The first-order valence-corrected chi connectivity index (χ1v) is 7.81. The minimum Gasteiger partial charge on any atom is -0.356 e. The molecule has 0 radical (unpaired) electrons. The van der Waals surface area contributed by atoms with Gasteiger partial charge in [0.1, 0.15) is 0 Å². The maximum atomic E-state index is 4.34. The first kappa shape index (κ1) is 14.9. The molecule has 2 rings (SSSR count). The van der Waals surface area contributed by atoms with Crippen molar-refractivity contribution >= 4 is 5.96 Å². The van der Waals surface area contributed by atoms with Crippen molar-refractivity contribution in [3.8, 4) is 0 Å². The van der Waals surface area contributed by atoms with Crippen LogP contribution in [0.3, 0.4) is 0 Å². The number of guanidine groups is 1. The van der Waals surface area contributed by atoms with Crippen LogP contribution in [0.25, 0.3) is 0 Å². The summed E-state index contributed by atoms with van der Waals surface area (Å²) in [5.41, 5.74) is 1.37. The molecule has 1 aromatic carbocycles. The van der Waals surface area contributed by atoms with E-state index in [0.29, 0.717) is 12.0 Å². The lowest BCUT2D eigenvalue weighted by Crippen LogP contribution is -2.45. The molecule has 1 aliphatic rings. The second kappa shape index (κ2) is 7.93.